The highest BCUT2D eigenvalue weighted by molar-refractivity contribution is 5.80. The summed E-state index contributed by atoms with van der Waals surface area (Å²) in [5.41, 5.74) is 2.10. The van der Waals surface area contributed by atoms with Crippen LogP contribution in [-0.4, -0.2) is 14.5 Å². The molecule has 0 atom stereocenters. The third-order valence-corrected chi connectivity index (χ3v) is 4.37. The van der Waals surface area contributed by atoms with Gasteiger partial charge in [-0.1, -0.05) is 25.1 Å². The fourth-order valence-corrected chi connectivity index (χ4v) is 3.02. The van der Waals surface area contributed by atoms with Crippen molar-refractivity contribution in [3.63, 3.8) is 0 Å². The van der Waals surface area contributed by atoms with E-state index in [0.29, 0.717) is 40.0 Å². The van der Waals surface area contributed by atoms with Gasteiger partial charge in [0.1, 0.15) is 11.6 Å². The van der Waals surface area contributed by atoms with Crippen molar-refractivity contribution in [2.24, 2.45) is 0 Å². The number of aromatic nitrogens is 3. The smallest absolute Gasteiger partial charge is 0.266 e. The zero-order valence-electron chi connectivity index (χ0n) is 14.2. The van der Waals surface area contributed by atoms with Gasteiger partial charge in [0.05, 0.1) is 16.6 Å². The number of nitrogens with zero attached hydrogens (tertiary/aromatic N) is 3. The van der Waals surface area contributed by atoms with Crippen LogP contribution in [0, 0.1) is 5.82 Å². The van der Waals surface area contributed by atoms with Gasteiger partial charge in [-0.05, 0) is 48.4 Å². The second-order valence-corrected chi connectivity index (χ2v) is 5.96. The number of pyridine rings is 1. The Labute approximate surface area is 149 Å². The van der Waals surface area contributed by atoms with Crippen LogP contribution in [0.15, 0.2) is 71.8 Å². The molecule has 26 heavy (non-hydrogen) atoms. The molecular weight excluding hydrogens is 329 g/mol. The average Bonchev–Trinajstić information content (AvgIpc) is 2.68. The summed E-state index contributed by atoms with van der Waals surface area (Å²) in [6.07, 6.45) is 3.89. The van der Waals surface area contributed by atoms with Crippen LogP contribution in [0.4, 0.5) is 4.39 Å². The number of halogens is 1. The average molecular weight is 345 g/mol. The predicted octanol–water partition coefficient (Wildman–Crippen LogP) is 4.15. The zero-order chi connectivity index (χ0) is 18.1. The van der Waals surface area contributed by atoms with Gasteiger partial charge in [0.2, 0.25) is 0 Å². The normalized spacial score (nSPS) is 11.0. The third-order valence-electron chi connectivity index (χ3n) is 4.37. The molecule has 0 aliphatic carbocycles. The highest BCUT2D eigenvalue weighted by Crippen LogP contribution is 2.22. The van der Waals surface area contributed by atoms with Gasteiger partial charge in [-0.2, -0.15) is 0 Å². The van der Waals surface area contributed by atoms with Crippen molar-refractivity contribution >= 4 is 10.9 Å². The number of hydrogen-bond donors (Lipinski definition) is 0. The van der Waals surface area contributed by atoms with E-state index in [0.717, 1.165) is 0 Å². The molecule has 0 aliphatic rings. The number of benzene rings is 2. The highest BCUT2D eigenvalue weighted by Gasteiger charge is 2.15. The van der Waals surface area contributed by atoms with E-state index in [9.17, 15) is 9.18 Å². The van der Waals surface area contributed by atoms with Gasteiger partial charge < -0.3 is 0 Å². The Hall–Kier alpha value is -3.34. The number of fused-ring (bicyclic) bond motifs is 1. The van der Waals surface area contributed by atoms with Crippen LogP contribution in [0.25, 0.3) is 28.0 Å². The third kappa shape index (κ3) is 2.67. The van der Waals surface area contributed by atoms with Gasteiger partial charge in [0.15, 0.2) is 0 Å². The minimum absolute atomic E-state index is 0.238. The first-order valence-electron chi connectivity index (χ1n) is 8.40. The summed E-state index contributed by atoms with van der Waals surface area (Å²) in [6.45, 7) is 1.89. The standard InChI is InChI=1S/C21H16FN3O/c1-2-14-9-10-16(12-18(14)22)25-20(15-6-5-11-23-13-15)24-19-8-4-3-7-17(19)21(25)26/h3-13H,2H2,1H3. The molecule has 2 aromatic heterocycles. The van der Waals surface area contributed by atoms with Crippen LogP contribution in [0.3, 0.4) is 0 Å². The zero-order valence-corrected chi connectivity index (χ0v) is 14.2. The van der Waals surface area contributed by atoms with E-state index >= 15 is 0 Å². The second-order valence-electron chi connectivity index (χ2n) is 5.96. The van der Waals surface area contributed by atoms with Crippen molar-refractivity contribution in [1.29, 1.82) is 0 Å². The van der Waals surface area contributed by atoms with Crippen LogP contribution in [0.1, 0.15) is 12.5 Å². The van der Waals surface area contributed by atoms with Crippen LogP contribution in [0.5, 0.6) is 0 Å². The van der Waals surface area contributed by atoms with Gasteiger partial charge in [-0.15, -0.1) is 0 Å². The molecule has 0 fully saturated rings. The summed E-state index contributed by atoms with van der Waals surface area (Å²) in [6, 6.07) is 15.6. The molecule has 0 bridgehead atoms. The SMILES string of the molecule is CCc1ccc(-n2c(-c3cccnc3)nc3ccccc3c2=O)cc1F. The lowest BCUT2D eigenvalue weighted by atomic mass is 10.1. The number of hydrogen-bond acceptors (Lipinski definition) is 3. The number of aryl methyl sites for hydroxylation is 1. The molecule has 0 unspecified atom stereocenters. The van der Waals surface area contributed by atoms with Gasteiger partial charge in [0, 0.05) is 18.0 Å². The minimum atomic E-state index is -0.331. The molecular formula is C21H16FN3O. The molecule has 2 heterocycles. The predicted molar refractivity (Wildman–Crippen MR) is 99.9 cm³/mol. The van der Waals surface area contributed by atoms with E-state index < -0.39 is 0 Å². The fraction of sp³-hybridized carbons (Fsp3) is 0.0952. The molecule has 2 aromatic carbocycles. The Morgan fingerprint density at radius 3 is 2.65 bits per heavy atom. The molecule has 0 N–H and O–H groups in total. The molecule has 128 valence electrons. The maximum Gasteiger partial charge on any atom is 0.266 e. The van der Waals surface area contributed by atoms with E-state index in [1.54, 1.807) is 48.8 Å². The van der Waals surface area contributed by atoms with Crippen molar-refractivity contribution in [3.8, 4) is 17.1 Å². The molecule has 0 aliphatic heterocycles. The summed E-state index contributed by atoms with van der Waals surface area (Å²) in [7, 11) is 0. The Morgan fingerprint density at radius 2 is 1.92 bits per heavy atom. The van der Waals surface area contributed by atoms with Crippen molar-refractivity contribution in [2.75, 3.05) is 0 Å². The molecule has 0 spiro atoms. The lowest BCUT2D eigenvalue weighted by molar-refractivity contribution is 0.611. The van der Waals surface area contributed by atoms with E-state index in [1.165, 1.54) is 10.6 Å². The summed E-state index contributed by atoms with van der Waals surface area (Å²) in [5, 5.41) is 0.486. The monoisotopic (exact) mass is 345 g/mol. The molecule has 4 aromatic rings. The van der Waals surface area contributed by atoms with Gasteiger partial charge in [0.25, 0.3) is 5.56 Å². The molecule has 0 saturated heterocycles. The molecule has 5 heteroatoms. The molecule has 0 saturated carbocycles. The summed E-state index contributed by atoms with van der Waals surface area (Å²) < 4.78 is 15.8. The lowest BCUT2D eigenvalue weighted by Crippen LogP contribution is -2.22. The Kier molecular flexibility index (Phi) is 4.05. The summed E-state index contributed by atoms with van der Waals surface area (Å²) in [4.78, 5) is 21.9. The molecule has 0 amide bonds. The number of rotatable bonds is 3. The molecule has 0 radical (unpaired) electrons. The molecule has 4 rings (SSSR count). The van der Waals surface area contributed by atoms with Gasteiger partial charge >= 0.3 is 0 Å². The fourth-order valence-electron chi connectivity index (χ4n) is 3.02. The van der Waals surface area contributed by atoms with Gasteiger partial charge in [-0.25, -0.2) is 9.37 Å². The van der Waals surface area contributed by atoms with Crippen LogP contribution in [0.2, 0.25) is 0 Å². The van der Waals surface area contributed by atoms with Crippen molar-refractivity contribution in [3.05, 3.63) is 88.7 Å². The largest absolute Gasteiger partial charge is 0.268 e. The Balaban J connectivity index is 2.08. The van der Waals surface area contributed by atoms with Crippen molar-refractivity contribution < 1.29 is 4.39 Å². The Morgan fingerprint density at radius 1 is 1.08 bits per heavy atom. The maximum absolute atomic E-state index is 14.4. The van der Waals surface area contributed by atoms with E-state index in [-0.39, 0.29) is 11.4 Å². The minimum Gasteiger partial charge on any atom is -0.268 e. The van der Waals surface area contributed by atoms with E-state index in [1.807, 2.05) is 19.1 Å². The first kappa shape index (κ1) is 16.1. The quantitative estimate of drug-likeness (QED) is 0.560. The molecule has 4 nitrogen and oxygen atoms in total. The topological polar surface area (TPSA) is 47.8 Å². The number of para-hydroxylation sites is 1. The second kappa shape index (κ2) is 6.52. The van der Waals surface area contributed by atoms with Gasteiger partial charge in [-0.3, -0.25) is 14.3 Å². The van der Waals surface area contributed by atoms with Crippen LogP contribution in [-0.2, 0) is 6.42 Å². The van der Waals surface area contributed by atoms with Crippen LogP contribution >= 0.6 is 0 Å². The maximum atomic E-state index is 14.4. The first-order valence-corrected chi connectivity index (χ1v) is 8.40. The highest BCUT2D eigenvalue weighted by atomic mass is 19.1. The first-order chi connectivity index (χ1) is 12.7. The lowest BCUT2D eigenvalue weighted by Gasteiger charge is -2.14. The summed E-state index contributed by atoms with van der Waals surface area (Å²) in [5.74, 6) is 0.104. The van der Waals surface area contributed by atoms with E-state index in [4.69, 9.17) is 0 Å². The van der Waals surface area contributed by atoms with Crippen LogP contribution < -0.4 is 5.56 Å². The van der Waals surface area contributed by atoms with Crippen molar-refractivity contribution in [2.45, 2.75) is 13.3 Å². The summed E-state index contributed by atoms with van der Waals surface area (Å²) >= 11 is 0. The Bertz CT molecular complexity index is 1150. The van der Waals surface area contributed by atoms with E-state index in [2.05, 4.69) is 9.97 Å². The van der Waals surface area contributed by atoms with Crippen molar-refractivity contribution in [1.82, 2.24) is 14.5 Å².